The van der Waals surface area contributed by atoms with Crippen molar-refractivity contribution in [3.63, 3.8) is 0 Å². The van der Waals surface area contributed by atoms with Crippen LogP contribution in [0.3, 0.4) is 0 Å². The number of fused-ring (bicyclic) bond motifs is 1. The third-order valence-electron chi connectivity index (χ3n) is 2.71. The van der Waals surface area contributed by atoms with E-state index in [1.54, 1.807) is 6.26 Å². The largest absolute Gasteiger partial charge is 0.364 e. The molecule has 0 saturated carbocycles. The highest BCUT2D eigenvalue weighted by atomic mass is 16.5. The second-order valence-corrected chi connectivity index (χ2v) is 4.79. The van der Waals surface area contributed by atoms with Gasteiger partial charge in [-0.3, -0.25) is 0 Å². The van der Waals surface area contributed by atoms with Crippen molar-refractivity contribution in [3.8, 4) is 0 Å². The topological polar surface area (TPSA) is 38.1 Å². The molecule has 1 N–H and O–H groups in total. The third-order valence-corrected chi connectivity index (χ3v) is 2.71. The van der Waals surface area contributed by atoms with E-state index in [-0.39, 0.29) is 0 Å². The van der Waals surface area contributed by atoms with Gasteiger partial charge in [-0.25, -0.2) is 0 Å². The molecule has 0 amide bonds. The Balaban J connectivity index is 2.18. The molecule has 72 valence electrons. The Labute approximate surface area is 78.5 Å². The monoisotopic (exact) mass is 180 g/mol. The van der Waals surface area contributed by atoms with Crippen LogP contribution < -0.4 is 5.32 Å². The summed E-state index contributed by atoms with van der Waals surface area (Å²) in [4.78, 5) is 0. The number of hydrogen-bond acceptors (Lipinski definition) is 3. The first kappa shape index (κ1) is 8.75. The standard InChI is InChI=1S/C10H16N2O/c1-10(2,3)9-4-7-6-13-12-8(7)5-11-9/h6,9,11H,4-5H2,1-3H3. The minimum absolute atomic E-state index is 0.301. The van der Waals surface area contributed by atoms with Crippen molar-refractivity contribution in [3.05, 3.63) is 17.5 Å². The maximum absolute atomic E-state index is 4.94. The van der Waals surface area contributed by atoms with E-state index in [0.717, 1.165) is 18.7 Å². The van der Waals surface area contributed by atoms with Gasteiger partial charge in [0.1, 0.15) is 12.0 Å². The fourth-order valence-electron chi connectivity index (χ4n) is 1.72. The zero-order valence-electron chi connectivity index (χ0n) is 8.42. The van der Waals surface area contributed by atoms with E-state index in [2.05, 4.69) is 31.2 Å². The highest BCUT2D eigenvalue weighted by Gasteiger charge is 2.29. The molecular formula is C10H16N2O. The van der Waals surface area contributed by atoms with Gasteiger partial charge in [-0.15, -0.1) is 0 Å². The first-order valence-electron chi connectivity index (χ1n) is 4.73. The summed E-state index contributed by atoms with van der Waals surface area (Å²) in [6, 6.07) is 0.527. The number of aromatic nitrogens is 1. The summed E-state index contributed by atoms with van der Waals surface area (Å²) in [6.45, 7) is 7.60. The van der Waals surface area contributed by atoms with Crippen molar-refractivity contribution in [2.45, 2.75) is 39.8 Å². The van der Waals surface area contributed by atoms with Gasteiger partial charge in [-0.05, 0) is 11.8 Å². The molecular weight excluding hydrogens is 164 g/mol. The molecule has 3 heteroatoms. The second-order valence-electron chi connectivity index (χ2n) is 4.79. The Kier molecular flexibility index (Phi) is 1.91. The maximum atomic E-state index is 4.94. The SMILES string of the molecule is CC(C)(C)C1Cc2conc2CN1. The molecule has 3 nitrogen and oxygen atoms in total. The van der Waals surface area contributed by atoms with Crippen molar-refractivity contribution in [1.29, 1.82) is 0 Å². The van der Waals surface area contributed by atoms with Gasteiger partial charge in [-0.2, -0.15) is 0 Å². The Hall–Kier alpha value is -0.830. The number of nitrogens with one attached hydrogen (secondary N) is 1. The molecule has 0 saturated heterocycles. The zero-order chi connectivity index (χ0) is 9.47. The molecule has 1 aliphatic rings. The Morgan fingerprint density at radius 1 is 1.54 bits per heavy atom. The lowest BCUT2D eigenvalue weighted by atomic mass is 9.81. The van der Waals surface area contributed by atoms with Crippen LogP contribution in [0.4, 0.5) is 0 Å². The van der Waals surface area contributed by atoms with E-state index in [9.17, 15) is 0 Å². The predicted octanol–water partition coefficient (Wildman–Crippen LogP) is 1.73. The van der Waals surface area contributed by atoms with Crippen molar-refractivity contribution in [2.24, 2.45) is 5.41 Å². The van der Waals surface area contributed by atoms with Crippen LogP contribution in [-0.2, 0) is 13.0 Å². The summed E-state index contributed by atoms with van der Waals surface area (Å²) in [5, 5.41) is 7.41. The van der Waals surface area contributed by atoms with Crippen LogP contribution in [0.2, 0.25) is 0 Å². The molecule has 2 rings (SSSR count). The number of hydrogen-bond donors (Lipinski definition) is 1. The first-order valence-corrected chi connectivity index (χ1v) is 4.73. The number of rotatable bonds is 0. The fraction of sp³-hybridized carbons (Fsp3) is 0.700. The van der Waals surface area contributed by atoms with Crippen LogP contribution in [0, 0.1) is 5.41 Å². The first-order chi connectivity index (χ1) is 6.07. The molecule has 0 spiro atoms. The molecule has 1 atom stereocenters. The van der Waals surface area contributed by atoms with Gasteiger partial charge in [-0.1, -0.05) is 25.9 Å². The van der Waals surface area contributed by atoms with E-state index < -0.39 is 0 Å². The van der Waals surface area contributed by atoms with Crippen LogP contribution in [0.1, 0.15) is 32.0 Å². The molecule has 0 radical (unpaired) electrons. The van der Waals surface area contributed by atoms with Crippen molar-refractivity contribution in [1.82, 2.24) is 10.5 Å². The van der Waals surface area contributed by atoms with E-state index in [4.69, 9.17) is 4.52 Å². The molecule has 0 bridgehead atoms. The van der Waals surface area contributed by atoms with Gasteiger partial charge in [0.2, 0.25) is 0 Å². The van der Waals surface area contributed by atoms with Crippen LogP contribution in [0.15, 0.2) is 10.8 Å². The van der Waals surface area contributed by atoms with E-state index in [1.807, 2.05) is 0 Å². The summed E-state index contributed by atoms with van der Waals surface area (Å²) in [5.41, 5.74) is 2.63. The summed E-state index contributed by atoms with van der Waals surface area (Å²) in [5.74, 6) is 0. The van der Waals surface area contributed by atoms with Crippen molar-refractivity contribution >= 4 is 0 Å². The minimum atomic E-state index is 0.301. The van der Waals surface area contributed by atoms with Gasteiger partial charge in [0.05, 0.1) is 0 Å². The molecule has 2 heterocycles. The van der Waals surface area contributed by atoms with Gasteiger partial charge in [0.25, 0.3) is 0 Å². The summed E-state index contributed by atoms with van der Waals surface area (Å²) < 4.78 is 4.94. The molecule has 1 aliphatic heterocycles. The maximum Gasteiger partial charge on any atom is 0.127 e. The van der Waals surface area contributed by atoms with Gasteiger partial charge in [0, 0.05) is 18.2 Å². The predicted molar refractivity (Wildman–Crippen MR) is 50.3 cm³/mol. The molecule has 1 unspecified atom stereocenters. The fourth-order valence-corrected chi connectivity index (χ4v) is 1.72. The van der Waals surface area contributed by atoms with E-state index in [0.29, 0.717) is 11.5 Å². The molecule has 0 aromatic carbocycles. The van der Waals surface area contributed by atoms with Crippen molar-refractivity contribution in [2.75, 3.05) is 0 Å². The lowest BCUT2D eigenvalue weighted by Gasteiger charge is -2.33. The van der Waals surface area contributed by atoms with Crippen LogP contribution in [-0.4, -0.2) is 11.2 Å². The van der Waals surface area contributed by atoms with Crippen LogP contribution >= 0.6 is 0 Å². The third kappa shape index (κ3) is 1.61. The van der Waals surface area contributed by atoms with Gasteiger partial charge < -0.3 is 9.84 Å². The number of nitrogens with zero attached hydrogens (tertiary/aromatic N) is 1. The van der Waals surface area contributed by atoms with Gasteiger partial charge in [0.15, 0.2) is 0 Å². The lowest BCUT2D eigenvalue weighted by molar-refractivity contribution is 0.253. The average molecular weight is 180 g/mol. The van der Waals surface area contributed by atoms with Crippen molar-refractivity contribution < 1.29 is 4.52 Å². The Morgan fingerprint density at radius 3 is 3.00 bits per heavy atom. The zero-order valence-corrected chi connectivity index (χ0v) is 8.42. The molecule has 0 aliphatic carbocycles. The smallest absolute Gasteiger partial charge is 0.127 e. The quantitative estimate of drug-likeness (QED) is 0.660. The Bertz CT molecular complexity index is 298. The van der Waals surface area contributed by atoms with Crippen LogP contribution in [0.25, 0.3) is 0 Å². The van der Waals surface area contributed by atoms with Gasteiger partial charge >= 0.3 is 0 Å². The van der Waals surface area contributed by atoms with E-state index in [1.165, 1.54) is 5.56 Å². The highest BCUT2D eigenvalue weighted by molar-refractivity contribution is 5.19. The highest BCUT2D eigenvalue weighted by Crippen LogP contribution is 2.26. The molecule has 0 fully saturated rings. The Morgan fingerprint density at radius 2 is 2.31 bits per heavy atom. The minimum Gasteiger partial charge on any atom is -0.364 e. The lowest BCUT2D eigenvalue weighted by Crippen LogP contribution is -2.44. The molecule has 13 heavy (non-hydrogen) atoms. The summed E-state index contributed by atoms with van der Waals surface area (Å²) >= 11 is 0. The average Bonchev–Trinajstić information content (AvgIpc) is 2.47. The van der Waals surface area contributed by atoms with Crippen LogP contribution in [0.5, 0.6) is 0 Å². The molecule has 1 aromatic rings. The molecule has 1 aromatic heterocycles. The second kappa shape index (κ2) is 2.84. The van der Waals surface area contributed by atoms with E-state index >= 15 is 0 Å². The summed E-state index contributed by atoms with van der Waals surface area (Å²) in [6.07, 6.45) is 2.80. The summed E-state index contributed by atoms with van der Waals surface area (Å²) in [7, 11) is 0. The normalized spacial score (nSPS) is 22.8.